The van der Waals surface area contributed by atoms with Crippen LogP contribution < -0.4 is 10.6 Å². The molecule has 1 aliphatic rings. The van der Waals surface area contributed by atoms with E-state index in [1.165, 1.54) is 0 Å². The third kappa shape index (κ3) is 2.33. The standard InChI is InChI=1S/C15H11F3N2O/c16-10-5-6-12(14(18)13(10)17)20-15(21)9-7-19-11-4-2-1-3-8(9)11/h1-6,9,19H,7H2,(H,20,21). The van der Waals surface area contributed by atoms with E-state index in [1.54, 1.807) is 12.1 Å². The summed E-state index contributed by atoms with van der Waals surface area (Å²) < 4.78 is 39.6. The number of hydrogen-bond donors (Lipinski definition) is 2. The van der Waals surface area contributed by atoms with E-state index < -0.39 is 29.3 Å². The molecule has 21 heavy (non-hydrogen) atoms. The van der Waals surface area contributed by atoms with Crippen LogP contribution in [0.25, 0.3) is 0 Å². The Morgan fingerprint density at radius 1 is 1.10 bits per heavy atom. The number of benzene rings is 2. The van der Waals surface area contributed by atoms with Crippen LogP contribution in [0, 0.1) is 17.5 Å². The first-order chi connectivity index (χ1) is 10.1. The van der Waals surface area contributed by atoms with Gasteiger partial charge in [0.05, 0.1) is 11.6 Å². The van der Waals surface area contributed by atoms with Crippen molar-refractivity contribution >= 4 is 17.3 Å². The summed E-state index contributed by atoms with van der Waals surface area (Å²) in [4.78, 5) is 12.2. The molecule has 6 heteroatoms. The van der Waals surface area contributed by atoms with Crippen molar-refractivity contribution in [2.75, 3.05) is 17.2 Å². The van der Waals surface area contributed by atoms with E-state index in [4.69, 9.17) is 0 Å². The van der Waals surface area contributed by atoms with Gasteiger partial charge in [-0.3, -0.25) is 4.79 Å². The lowest BCUT2D eigenvalue weighted by Gasteiger charge is -2.12. The van der Waals surface area contributed by atoms with E-state index >= 15 is 0 Å². The number of nitrogens with one attached hydrogen (secondary N) is 2. The van der Waals surface area contributed by atoms with Gasteiger partial charge in [0.1, 0.15) is 0 Å². The molecule has 3 nitrogen and oxygen atoms in total. The molecule has 0 fully saturated rings. The highest BCUT2D eigenvalue weighted by molar-refractivity contribution is 5.98. The van der Waals surface area contributed by atoms with Crippen LogP contribution in [0.15, 0.2) is 36.4 Å². The first kappa shape index (κ1) is 13.5. The molecule has 108 valence electrons. The fraction of sp³-hybridized carbons (Fsp3) is 0.133. The predicted molar refractivity (Wildman–Crippen MR) is 72.6 cm³/mol. The maximum absolute atomic E-state index is 13.6. The highest BCUT2D eigenvalue weighted by atomic mass is 19.2. The molecule has 1 atom stereocenters. The summed E-state index contributed by atoms with van der Waals surface area (Å²) in [6.07, 6.45) is 0. The summed E-state index contributed by atoms with van der Waals surface area (Å²) in [7, 11) is 0. The number of fused-ring (bicyclic) bond motifs is 1. The molecule has 1 amide bonds. The first-order valence-electron chi connectivity index (χ1n) is 6.35. The third-order valence-electron chi connectivity index (χ3n) is 3.44. The molecule has 2 aromatic carbocycles. The van der Waals surface area contributed by atoms with Gasteiger partial charge in [0.2, 0.25) is 5.91 Å². The van der Waals surface area contributed by atoms with Crippen molar-refractivity contribution in [3.8, 4) is 0 Å². The summed E-state index contributed by atoms with van der Waals surface area (Å²) in [6.45, 7) is 0.372. The molecule has 0 bridgehead atoms. The van der Waals surface area contributed by atoms with E-state index in [9.17, 15) is 18.0 Å². The molecular weight excluding hydrogens is 281 g/mol. The lowest BCUT2D eigenvalue weighted by molar-refractivity contribution is -0.117. The van der Waals surface area contributed by atoms with Crippen molar-refractivity contribution in [2.45, 2.75) is 5.92 Å². The van der Waals surface area contributed by atoms with Gasteiger partial charge in [0, 0.05) is 12.2 Å². The average molecular weight is 292 g/mol. The van der Waals surface area contributed by atoms with Crippen molar-refractivity contribution < 1.29 is 18.0 Å². The summed E-state index contributed by atoms with van der Waals surface area (Å²) in [5.41, 5.74) is 1.25. The van der Waals surface area contributed by atoms with Gasteiger partial charge in [-0.05, 0) is 23.8 Å². The second-order valence-corrected chi connectivity index (χ2v) is 4.73. The van der Waals surface area contributed by atoms with Crippen LogP contribution in [-0.4, -0.2) is 12.5 Å². The largest absolute Gasteiger partial charge is 0.384 e. The third-order valence-corrected chi connectivity index (χ3v) is 3.44. The van der Waals surface area contributed by atoms with Gasteiger partial charge in [-0.15, -0.1) is 0 Å². The van der Waals surface area contributed by atoms with Crippen LogP contribution in [0.2, 0.25) is 0 Å². The van der Waals surface area contributed by atoms with Gasteiger partial charge >= 0.3 is 0 Å². The van der Waals surface area contributed by atoms with E-state index in [1.807, 2.05) is 12.1 Å². The number of amides is 1. The van der Waals surface area contributed by atoms with E-state index in [0.717, 1.165) is 23.4 Å². The van der Waals surface area contributed by atoms with Crippen LogP contribution in [-0.2, 0) is 4.79 Å². The minimum Gasteiger partial charge on any atom is -0.384 e. The molecule has 1 heterocycles. The van der Waals surface area contributed by atoms with Gasteiger partial charge in [-0.2, -0.15) is 0 Å². The topological polar surface area (TPSA) is 41.1 Å². The van der Waals surface area contributed by atoms with Crippen molar-refractivity contribution in [3.05, 3.63) is 59.4 Å². The quantitative estimate of drug-likeness (QED) is 0.834. The zero-order valence-corrected chi connectivity index (χ0v) is 10.8. The van der Waals surface area contributed by atoms with Gasteiger partial charge in [0.15, 0.2) is 17.5 Å². The lowest BCUT2D eigenvalue weighted by atomic mass is 10.0. The predicted octanol–water partition coefficient (Wildman–Crippen LogP) is 3.25. The Morgan fingerprint density at radius 3 is 2.67 bits per heavy atom. The van der Waals surface area contributed by atoms with Crippen LogP contribution >= 0.6 is 0 Å². The number of para-hydroxylation sites is 1. The van der Waals surface area contributed by atoms with Crippen molar-refractivity contribution in [1.82, 2.24) is 0 Å². The van der Waals surface area contributed by atoms with Crippen LogP contribution in [0.5, 0.6) is 0 Å². The number of rotatable bonds is 2. The summed E-state index contributed by atoms with van der Waals surface area (Å²) in [5, 5.41) is 5.36. The molecular formula is C15H11F3N2O. The number of anilines is 2. The molecule has 0 saturated carbocycles. The number of halogens is 3. The van der Waals surface area contributed by atoms with E-state index in [2.05, 4.69) is 10.6 Å². The number of carbonyl (C=O) groups excluding carboxylic acids is 1. The second-order valence-electron chi connectivity index (χ2n) is 4.73. The van der Waals surface area contributed by atoms with Crippen LogP contribution in [0.3, 0.4) is 0 Å². The highest BCUT2D eigenvalue weighted by Gasteiger charge is 2.29. The molecule has 1 unspecified atom stereocenters. The highest BCUT2D eigenvalue weighted by Crippen LogP contribution is 2.32. The van der Waals surface area contributed by atoms with Gasteiger partial charge in [-0.25, -0.2) is 13.2 Å². The zero-order valence-electron chi connectivity index (χ0n) is 10.8. The fourth-order valence-electron chi connectivity index (χ4n) is 2.36. The van der Waals surface area contributed by atoms with Crippen LogP contribution in [0.1, 0.15) is 11.5 Å². The Bertz CT molecular complexity index is 718. The molecule has 2 N–H and O–H groups in total. The summed E-state index contributed by atoms with van der Waals surface area (Å²) in [5.74, 6) is -5.27. The minimum atomic E-state index is -1.60. The molecule has 0 spiro atoms. The minimum absolute atomic E-state index is 0.372. The normalized spacial score (nSPS) is 16.2. The number of carbonyl (C=O) groups is 1. The van der Waals surface area contributed by atoms with Gasteiger partial charge in [0.25, 0.3) is 0 Å². The molecule has 2 aromatic rings. The van der Waals surface area contributed by atoms with Crippen molar-refractivity contribution in [1.29, 1.82) is 0 Å². The Labute approximate surface area is 118 Å². The average Bonchev–Trinajstić information content (AvgIpc) is 2.92. The Balaban J connectivity index is 1.84. The van der Waals surface area contributed by atoms with Gasteiger partial charge in [-0.1, -0.05) is 18.2 Å². The Morgan fingerprint density at radius 2 is 1.86 bits per heavy atom. The number of hydrogen-bond acceptors (Lipinski definition) is 2. The first-order valence-corrected chi connectivity index (χ1v) is 6.35. The fourth-order valence-corrected chi connectivity index (χ4v) is 2.36. The Kier molecular flexibility index (Phi) is 3.29. The smallest absolute Gasteiger partial charge is 0.233 e. The van der Waals surface area contributed by atoms with E-state index in [-0.39, 0.29) is 5.69 Å². The van der Waals surface area contributed by atoms with E-state index in [0.29, 0.717) is 6.54 Å². The molecule has 0 saturated heterocycles. The van der Waals surface area contributed by atoms with Crippen LogP contribution in [0.4, 0.5) is 24.5 Å². The van der Waals surface area contributed by atoms with Gasteiger partial charge < -0.3 is 10.6 Å². The SMILES string of the molecule is O=C(Nc1ccc(F)c(F)c1F)C1CNc2ccccc21. The molecule has 0 aliphatic carbocycles. The summed E-state index contributed by atoms with van der Waals surface area (Å²) >= 11 is 0. The maximum Gasteiger partial charge on any atom is 0.233 e. The molecule has 3 rings (SSSR count). The van der Waals surface area contributed by atoms with Crippen molar-refractivity contribution in [2.24, 2.45) is 0 Å². The summed E-state index contributed by atoms with van der Waals surface area (Å²) in [6, 6.07) is 9.03. The molecule has 0 radical (unpaired) electrons. The maximum atomic E-state index is 13.6. The molecule has 1 aliphatic heterocycles. The lowest BCUT2D eigenvalue weighted by Crippen LogP contribution is -2.23. The monoisotopic (exact) mass is 292 g/mol. The zero-order chi connectivity index (χ0) is 15.0. The molecule has 0 aromatic heterocycles. The Hall–Kier alpha value is -2.50. The second kappa shape index (κ2) is 5.12. The van der Waals surface area contributed by atoms with Crippen molar-refractivity contribution in [3.63, 3.8) is 0 Å².